The molecule has 1 unspecified atom stereocenters. The second kappa shape index (κ2) is 8.40. The lowest BCUT2D eigenvalue weighted by Crippen LogP contribution is -2.45. The number of anilines is 1. The maximum atomic E-state index is 13.8. The zero-order valence-electron chi connectivity index (χ0n) is 16.7. The van der Waals surface area contributed by atoms with E-state index in [9.17, 15) is 19.1 Å². The summed E-state index contributed by atoms with van der Waals surface area (Å²) in [6.07, 6.45) is 7.64. The average Bonchev–Trinajstić information content (AvgIpc) is 2.97. The second-order valence-electron chi connectivity index (χ2n) is 7.84. The molecule has 5 nitrogen and oxygen atoms in total. The number of carbonyl (C=O) groups is 2. The first kappa shape index (κ1) is 20.3. The molecule has 0 bridgehead atoms. The highest BCUT2D eigenvalue weighted by atomic mass is 19.1. The van der Waals surface area contributed by atoms with E-state index in [4.69, 9.17) is 0 Å². The van der Waals surface area contributed by atoms with Gasteiger partial charge in [0, 0.05) is 17.7 Å². The topological polar surface area (TPSA) is 69.6 Å². The third-order valence-electron chi connectivity index (χ3n) is 5.84. The van der Waals surface area contributed by atoms with Crippen LogP contribution in [0.15, 0.2) is 60.2 Å². The van der Waals surface area contributed by atoms with E-state index in [-0.39, 0.29) is 18.0 Å². The molecule has 2 aromatic rings. The number of rotatable bonds is 6. The van der Waals surface area contributed by atoms with Crippen molar-refractivity contribution in [3.63, 3.8) is 0 Å². The number of benzene rings is 2. The second-order valence-corrected chi connectivity index (χ2v) is 7.84. The molecular weight excluding hydrogens is 383 g/mol. The lowest BCUT2D eigenvalue weighted by molar-refractivity contribution is -0.133. The number of nitrogens with one attached hydrogen (secondary N) is 1. The van der Waals surface area contributed by atoms with Crippen LogP contribution in [0, 0.1) is 5.82 Å². The van der Waals surface area contributed by atoms with Crippen LogP contribution in [-0.2, 0) is 15.2 Å². The highest BCUT2D eigenvalue weighted by Gasteiger charge is 2.51. The molecule has 1 heterocycles. The Morgan fingerprint density at radius 1 is 1.17 bits per heavy atom. The summed E-state index contributed by atoms with van der Waals surface area (Å²) >= 11 is 0. The Hall–Kier alpha value is -2.99. The van der Waals surface area contributed by atoms with E-state index >= 15 is 0 Å². The number of fused-ring (bicyclic) bond motifs is 1. The summed E-state index contributed by atoms with van der Waals surface area (Å²) < 4.78 is 13.8. The Balaban J connectivity index is 1.51. The van der Waals surface area contributed by atoms with Gasteiger partial charge in [0.15, 0.2) is 5.60 Å². The van der Waals surface area contributed by atoms with Gasteiger partial charge in [-0.05, 0) is 50.3 Å². The van der Waals surface area contributed by atoms with Crippen LogP contribution in [0.2, 0.25) is 0 Å². The lowest BCUT2D eigenvalue weighted by Gasteiger charge is -2.23. The summed E-state index contributed by atoms with van der Waals surface area (Å²) in [5.41, 5.74) is 0.295. The van der Waals surface area contributed by atoms with Crippen molar-refractivity contribution < 1.29 is 19.1 Å². The predicted molar refractivity (Wildman–Crippen MR) is 112 cm³/mol. The molecule has 0 radical (unpaired) electrons. The van der Waals surface area contributed by atoms with Gasteiger partial charge in [-0.3, -0.25) is 14.5 Å². The average molecular weight is 408 g/mol. The molecule has 0 spiro atoms. The number of nitrogens with zero attached hydrogens (tertiary/aromatic N) is 1. The van der Waals surface area contributed by atoms with Gasteiger partial charge >= 0.3 is 0 Å². The van der Waals surface area contributed by atoms with Gasteiger partial charge in [0.1, 0.15) is 12.4 Å². The molecule has 0 aromatic heterocycles. The molecule has 1 aliphatic heterocycles. The van der Waals surface area contributed by atoms with E-state index in [0.29, 0.717) is 17.8 Å². The van der Waals surface area contributed by atoms with E-state index in [1.54, 1.807) is 24.3 Å². The minimum Gasteiger partial charge on any atom is -0.372 e. The molecule has 0 saturated carbocycles. The van der Waals surface area contributed by atoms with Gasteiger partial charge in [-0.25, -0.2) is 4.39 Å². The van der Waals surface area contributed by atoms with Crippen LogP contribution in [0.4, 0.5) is 10.1 Å². The minimum atomic E-state index is -2.02. The standard InChI is InChI=1S/C24H25FN2O3/c25-19-10-6-9-18(15-19)24(30)20-11-4-5-12-21(20)27(23(24)29)16-22(28)26-14-13-17-7-2-1-3-8-17/h4-7,9-12,15,30H,1-3,8,13-14,16H2,(H,26,28). The Morgan fingerprint density at radius 2 is 2.00 bits per heavy atom. The normalized spacial score (nSPS) is 20.7. The Bertz CT molecular complexity index is 1000. The monoisotopic (exact) mass is 408 g/mol. The van der Waals surface area contributed by atoms with Crippen molar-refractivity contribution in [3.05, 3.63) is 77.1 Å². The Labute approximate surface area is 175 Å². The summed E-state index contributed by atoms with van der Waals surface area (Å²) in [6.45, 7) is 0.315. The van der Waals surface area contributed by atoms with Crippen LogP contribution in [0.25, 0.3) is 0 Å². The fraction of sp³-hybridized carbons (Fsp3) is 0.333. The maximum absolute atomic E-state index is 13.8. The van der Waals surface area contributed by atoms with E-state index in [1.165, 1.54) is 41.5 Å². The molecule has 2 aliphatic rings. The number of carbonyl (C=O) groups excluding carboxylic acids is 2. The number of amides is 2. The van der Waals surface area contributed by atoms with Crippen molar-refractivity contribution in [1.82, 2.24) is 5.32 Å². The van der Waals surface area contributed by atoms with Crippen LogP contribution >= 0.6 is 0 Å². The van der Waals surface area contributed by atoms with Crippen molar-refractivity contribution in [1.29, 1.82) is 0 Å². The van der Waals surface area contributed by atoms with E-state index in [1.807, 2.05) is 0 Å². The maximum Gasteiger partial charge on any atom is 0.268 e. The van der Waals surface area contributed by atoms with Crippen molar-refractivity contribution in [2.45, 2.75) is 37.7 Å². The number of hydrogen-bond acceptors (Lipinski definition) is 3. The molecular formula is C24H25FN2O3. The first-order valence-electron chi connectivity index (χ1n) is 10.3. The summed E-state index contributed by atoms with van der Waals surface area (Å²) in [4.78, 5) is 27.0. The molecule has 0 saturated heterocycles. The Morgan fingerprint density at radius 3 is 2.77 bits per heavy atom. The number of halogens is 1. The zero-order chi connectivity index (χ0) is 21.1. The van der Waals surface area contributed by atoms with Crippen molar-refractivity contribution in [3.8, 4) is 0 Å². The molecule has 156 valence electrons. The largest absolute Gasteiger partial charge is 0.372 e. The molecule has 1 atom stereocenters. The number of aliphatic hydroxyl groups is 1. The van der Waals surface area contributed by atoms with Crippen LogP contribution in [0.3, 0.4) is 0 Å². The third-order valence-corrected chi connectivity index (χ3v) is 5.84. The summed E-state index contributed by atoms with van der Waals surface area (Å²) in [5, 5.41) is 14.2. The molecule has 1 aliphatic carbocycles. The summed E-state index contributed by atoms with van der Waals surface area (Å²) in [6, 6.07) is 12.1. The lowest BCUT2D eigenvalue weighted by atomic mass is 9.87. The first-order valence-corrected chi connectivity index (χ1v) is 10.3. The van der Waals surface area contributed by atoms with Gasteiger partial charge < -0.3 is 10.4 Å². The van der Waals surface area contributed by atoms with Gasteiger partial charge in [-0.1, -0.05) is 42.0 Å². The minimum absolute atomic E-state index is 0.145. The molecule has 2 amide bonds. The van der Waals surface area contributed by atoms with Gasteiger partial charge in [0.05, 0.1) is 5.69 Å². The van der Waals surface area contributed by atoms with Crippen LogP contribution in [0.5, 0.6) is 0 Å². The number of hydrogen-bond donors (Lipinski definition) is 2. The van der Waals surface area contributed by atoms with E-state index < -0.39 is 17.3 Å². The van der Waals surface area contributed by atoms with Gasteiger partial charge in [0.2, 0.25) is 5.91 Å². The van der Waals surface area contributed by atoms with Gasteiger partial charge in [0.25, 0.3) is 5.91 Å². The van der Waals surface area contributed by atoms with Crippen molar-refractivity contribution >= 4 is 17.5 Å². The quantitative estimate of drug-likeness (QED) is 0.720. The molecule has 4 rings (SSSR count). The summed E-state index contributed by atoms with van der Waals surface area (Å²) in [7, 11) is 0. The van der Waals surface area contributed by atoms with E-state index in [0.717, 1.165) is 25.3 Å². The molecule has 2 N–H and O–H groups in total. The fourth-order valence-electron chi connectivity index (χ4n) is 4.28. The van der Waals surface area contributed by atoms with E-state index in [2.05, 4.69) is 11.4 Å². The van der Waals surface area contributed by atoms with Crippen molar-refractivity contribution in [2.75, 3.05) is 18.0 Å². The SMILES string of the molecule is O=C(CN1C(=O)C(O)(c2cccc(F)c2)c2ccccc21)NCCC1=CCCCC1. The zero-order valence-corrected chi connectivity index (χ0v) is 16.7. The first-order chi connectivity index (χ1) is 14.5. The van der Waals surface area contributed by atoms with Crippen LogP contribution in [-0.4, -0.2) is 30.0 Å². The summed E-state index contributed by atoms with van der Waals surface area (Å²) in [5.74, 6) is -1.49. The molecule has 0 fully saturated rings. The predicted octanol–water partition coefficient (Wildman–Crippen LogP) is 3.41. The van der Waals surface area contributed by atoms with Crippen molar-refractivity contribution in [2.24, 2.45) is 0 Å². The van der Waals surface area contributed by atoms with Gasteiger partial charge in [-0.2, -0.15) is 0 Å². The number of para-hydroxylation sites is 1. The van der Waals surface area contributed by atoms with Crippen LogP contribution < -0.4 is 10.2 Å². The highest BCUT2D eigenvalue weighted by Crippen LogP contribution is 2.44. The Kier molecular flexibility index (Phi) is 5.68. The number of allylic oxidation sites excluding steroid dienone is 1. The molecule has 6 heteroatoms. The van der Waals surface area contributed by atoms with Crippen LogP contribution in [0.1, 0.15) is 43.2 Å². The fourth-order valence-corrected chi connectivity index (χ4v) is 4.28. The highest BCUT2D eigenvalue weighted by molar-refractivity contribution is 6.11. The van der Waals surface area contributed by atoms with Gasteiger partial charge in [-0.15, -0.1) is 0 Å². The molecule has 2 aromatic carbocycles. The molecule has 30 heavy (non-hydrogen) atoms. The third kappa shape index (κ3) is 3.75. The smallest absolute Gasteiger partial charge is 0.268 e.